The molecule has 2 aliphatic carbocycles. The number of nitrogens with one attached hydrogen (secondary N) is 3. The number of imide groups is 1. The van der Waals surface area contributed by atoms with E-state index >= 15 is 9.18 Å². The largest absolute Gasteiger partial charge is 0.367 e. The molecule has 6 fully saturated rings. The van der Waals surface area contributed by atoms with Gasteiger partial charge in [-0.3, -0.25) is 29.3 Å². The maximum absolute atomic E-state index is 15.3. The zero-order valence-corrected chi connectivity index (χ0v) is 43.8. The van der Waals surface area contributed by atoms with Gasteiger partial charge in [0.2, 0.25) is 29.5 Å². The molecule has 0 unspecified atom stereocenters. The lowest BCUT2D eigenvalue weighted by atomic mass is 9.72. The number of amides is 5. The summed E-state index contributed by atoms with van der Waals surface area (Å²) in [5.41, 5.74) is 5.40. The van der Waals surface area contributed by atoms with Crippen molar-refractivity contribution >= 4 is 63.6 Å². The highest BCUT2D eigenvalue weighted by atomic mass is 19.1. The average Bonchev–Trinajstić information content (AvgIpc) is 4.00. The van der Waals surface area contributed by atoms with Gasteiger partial charge in [-0.25, -0.2) is 19.3 Å². The number of fused-ring (bicyclic) bond motifs is 3. The second-order valence-corrected chi connectivity index (χ2v) is 23.0. The van der Waals surface area contributed by atoms with Crippen LogP contribution in [0.15, 0.2) is 73.2 Å². The number of rotatable bonds is 11. The Hall–Kier alpha value is -6.75. The highest BCUT2D eigenvalue weighted by molar-refractivity contribution is 6.09. The normalized spacial score (nSPS) is 25.2. The standard InChI is InChI=1S/C59H70FN11O5/c1-36(2)70-35-62-49-33-48(65-54(53(49)70)64-47-9-5-4-8-46(47)60)39-14-17-45-50(30-39)71(43-31-42(32-43)67-24-6-3-7-25-67)58(76)59(45)22-28-69(29-23-59)57(75)38-12-10-37(11-13-38)56(74)68-26-20-41(21-27-68)63-51-18-15-40(34-61-51)44-16-19-52(72)66-55(44)73/h4-5,8-9,14-15,17-18,30,33-38,41-44H,3,6-7,10-13,16,19-29,31-32H2,1-2H3,(H,61,63)(H,64,65)(H,66,72,73)/t37?,38?,42?,43?,44-/m1/s1. The fraction of sp³-hybridized carbons (Fsp3) is 0.525. The van der Waals surface area contributed by atoms with E-state index in [9.17, 15) is 19.2 Å². The molecule has 5 aliphatic heterocycles. The van der Waals surface area contributed by atoms with E-state index in [4.69, 9.17) is 9.97 Å². The fourth-order valence-electron chi connectivity index (χ4n) is 13.7. The van der Waals surface area contributed by atoms with Gasteiger partial charge in [-0.15, -0.1) is 0 Å². The van der Waals surface area contributed by atoms with Gasteiger partial charge in [-0.2, -0.15) is 0 Å². The van der Waals surface area contributed by atoms with E-state index in [-0.39, 0.29) is 71.2 Å². The molecule has 76 heavy (non-hydrogen) atoms. The van der Waals surface area contributed by atoms with Crippen molar-refractivity contribution < 1.29 is 28.4 Å². The molecule has 5 amide bonds. The summed E-state index contributed by atoms with van der Waals surface area (Å²) in [6, 6.07) is 19.5. The van der Waals surface area contributed by atoms with E-state index in [2.05, 4.69) is 62.8 Å². The second-order valence-electron chi connectivity index (χ2n) is 23.0. The van der Waals surface area contributed by atoms with Gasteiger partial charge < -0.3 is 34.8 Å². The SMILES string of the molecule is CC(C)n1cnc2cc(-c3ccc4c(c3)N(C3CC(N5CCCCC5)C3)C(=O)C43CCN(C(=O)C4CCC(C(=O)N5CCC(Nc6ccc([C@H]7CCC(=O)NC7=O)cn6)CC5)CC4)CC3)nc(Nc3ccccc3F)c21. The molecule has 0 radical (unpaired) electrons. The van der Waals surface area contributed by atoms with E-state index < -0.39 is 5.41 Å². The Morgan fingerprint density at radius 2 is 1.49 bits per heavy atom. The third-order valence-electron chi connectivity index (χ3n) is 18.2. The summed E-state index contributed by atoms with van der Waals surface area (Å²) < 4.78 is 17.2. The van der Waals surface area contributed by atoms with Crippen molar-refractivity contribution in [3.05, 3.63) is 90.1 Å². The van der Waals surface area contributed by atoms with Gasteiger partial charge in [0, 0.05) is 86.1 Å². The maximum Gasteiger partial charge on any atom is 0.238 e. The number of imidazole rings is 1. The molecule has 2 aromatic carbocycles. The third kappa shape index (κ3) is 9.39. The first-order chi connectivity index (χ1) is 36.9. The van der Waals surface area contributed by atoms with Crippen LogP contribution in [0, 0.1) is 17.7 Å². The molecule has 5 aromatic rings. The molecule has 3 aromatic heterocycles. The van der Waals surface area contributed by atoms with Crippen LogP contribution in [0.3, 0.4) is 0 Å². The number of benzene rings is 2. The second kappa shape index (κ2) is 20.7. The zero-order valence-electron chi connectivity index (χ0n) is 43.8. The Labute approximate surface area is 443 Å². The maximum atomic E-state index is 15.3. The first-order valence-electron chi connectivity index (χ1n) is 28.2. The Morgan fingerprint density at radius 3 is 2.16 bits per heavy atom. The van der Waals surface area contributed by atoms with Crippen LogP contribution in [0.25, 0.3) is 22.3 Å². The van der Waals surface area contributed by atoms with Crippen molar-refractivity contribution in [2.45, 2.75) is 146 Å². The molecule has 7 aliphatic rings. The molecular weight excluding hydrogens is 962 g/mol. The van der Waals surface area contributed by atoms with Gasteiger partial charge in [0.25, 0.3) is 0 Å². The number of hydrogen-bond acceptors (Lipinski definition) is 11. The van der Waals surface area contributed by atoms with Crippen LogP contribution in [0.1, 0.15) is 133 Å². The van der Waals surface area contributed by atoms with Crippen molar-refractivity contribution in [3.8, 4) is 11.3 Å². The van der Waals surface area contributed by atoms with E-state index in [0.717, 1.165) is 78.0 Å². The number of carbonyl (C=O) groups is 5. The summed E-state index contributed by atoms with van der Waals surface area (Å²) in [6.07, 6.45) is 15.4. The summed E-state index contributed by atoms with van der Waals surface area (Å²) in [5.74, 6) is 0.230. The van der Waals surface area contributed by atoms with Crippen LogP contribution >= 0.6 is 0 Å². The Morgan fingerprint density at radius 1 is 0.776 bits per heavy atom. The molecule has 1 atom stereocenters. The minimum atomic E-state index is -0.738. The Balaban J connectivity index is 0.699. The first-order valence-corrected chi connectivity index (χ1v) is 28.2. The van der Waals surface area contributed by atoms with Crippen LogP contribution in [-0.4, -0.2) is 121 Å². The number of hydrogen-bond donors (Lipinski definition) is 3. The molecular formula is C59H70FN11O5. The molecule has 8 heterocycles. The Kier molecular flexibility index (Phi) is 13.6. The van der Waals surface area contributed by atoms with Crippen LogP contribution in [0.4, 0.5) is 27.4 Å². The number of pyridine rings is 2. The average molecular weight is 1030 g/mol. The smallest absolute Gasteiger partial charge is 0.238 e. The molecule has 2 saturated carbocycles. The zero-order chi connectivity index (χ0) is 52.2. The molecule has 4 saturated heterocycles. The quantitative estimate of drug-likeness (QED) is 0.108. The number of anilines is 4. The van der Waals surface area contributed by atoms with Gasteiger partial charge in [0.05, 0.1) is 34.6 Å². The summed E-state index contributed by atoms with van der Waals surface area (Å²) in [7, 11) is 0. The predicted octanol–water partition coefficient (Wildman–Crippen LogP) is 8.61. The van der Waals surface area contributed by atoms with Gasteiger partial charge in [-0.1, -0.05) is 36.8 Å². The highest BCUT2D eigenvalue weighted by Crippen LogP contribution is 2.52. The number of para-hydroxylation sites is 1. The number of piperidine rings is 4. The lowest BCUT2D eigenvalue weighted by molar-refractivity contribution is -0.143. The highest BCUT2D eigenvalue weighted by Gasteiger charge is 2.56. The van der Waals surface area contributed by atoms with Crippen LogP contribution in [-0.2, 0) is 29.4 Å². The topological polar surface area (TPSA) is 178 Å². The van der Waals surface area contributed by atoms with E-state index in [0.29, 0.717) is 101 Å². The number of likely N-dealkylation sites (tertiary alicyclic amines) is 3. The van der Waals surface area contributed by atoms with Gasteiger partial charge in [0.15, 0.2) is 5.82 Å². The number of aromatic nitrogens is 4. The van der Waals surface area contributed by atoms with Crippen molar-refractivity contribution in [3.63, 3.8) is 0 Å². The van der Waals surface area contributed by atoms with Crippen molar-refractivity contribution in [1.82, 2.24) is 39.5 Å². The third-order valence-corrected chi connectivity index (χ3v) is 18.2. The molecule has 3 N–H and O–H groups in total. The molecule has 16 nitrogen and oxygen atoms in total. The van der Waals surface area contributed by atoms with Gasteiger partial charge in [0.1, 0.15) is 17.2 Å². The minimum Gasteiger partial charge on any atom is -0.367 e. The summed E-state index contributed by atoms with van der Waals surface area (Å²) >= 11 is 0. The lowest BCUT2D eigenvalue weighted by Crippen LogP contribution is -2.58. The minimum absolute atomic E-state index is 0.0826. The number of carbonyl (C=O) groups excluding carboxylic acids is 5. The molecule has 398 valence electrons. The number of nitrogens with zero attached hydrogens (tertiary/aromatic N) is 8. The fourth-order valence-corrected chi connectivity index (χ4v) is 13.7. The van der Waals surface area contributed by atoms with E-state index in [1.54, 1.807) is 30.7 Å². The van der Waals surface area contributed by atoms with Crippen molar-refractivity contribution in [2.75, 3.05) is 54.8 Å². The molecule has 1 spiro atoms. The summed E-state index contributed by atoms with van der Waals surface area (Å²) in [4.78, 5) is 90.6. The monoisotopic (exact) mass is 1030 g/mol. The first kappa shape index (κ1) is 50.1. The summed E-state index contributed by atoms with van der Waals surface area (Å²) in [5, 5.41) is 9.21. The van der Waals surface area contributed by atoms with E-state index in [1.807, 2.05) is 32.6 Å². The van der Waals surface area contributed by atoms with Gasteiger partial charge in [-0.05, 0) is 152 Å². The van der Waals surface area contributed by atoms with Crippen LogP contribution < -0.4 is 20.9 Å². The van der Waals surface area contributed by atoms with Crippen molar-refractivity contribution in [1.29, 1.82) is 0 Å². The van der Waals surface area contributed by atoms with Crippen LogP contribution in [0.2, 0.25) is 0 Å². The molecule has 0 bridgehead atoms. The predicted molar refractivity (Wildman–Crippen MR) is 288 cm³/mol. The summed E-state index contributed by atoms with van der Waals surface area (Å²) in [6.45, 7) is 8.72. The Bertz CT molecular complexity index is 3030. The molecule has 17 heteroatoms. The van der Waals surface area contributed by atoms with E-state index in [1.165, 1.54) is 25.3 Å². The van der Waals surface area contributed by atoms with Crippen molar-refractivity contribution in [2.24, 2.45) is 11.8 Å². The van der Waals surface area contributed by atoms with Crippen LogP contribution in [0.5, 0.6) is 0 Å². The van der Waals surface area contributed by atoms with Gasteiger partial charge >= 0.3 is 0 Å². The molecule has 12 rings (SSSR count). The lowest BCUT2D eigenvalue weighted by Gasteiger charge is -2.48. The number of halogens is 1.